The van der Waals surface area contributed by atoms with Crippen LogP contribution in [-0.4, -0.2) is 72.2 Å². The van der Waals surface area contributed by atoms with Crippen molar-refractivity contribution in [1.82, 2.24) is 0 Å². The predicted molar refractivity (Wildman–Crippen MR) is 224 cm³/mol. The summed E-state index contributed by atoms with van der Waals surface area (Å²) in [6, 6.07) is 37.6. The van der Waals surface area contributed by atoms with E-state index in [4.69, 9.17) is 28.4 Å². The average molecular weight is 756 g/mol. The van der Waals surface area contributed by atoms with Crippen molar-refractivity contribution in [3.63, 3.8) is 0 Å². The van der Waals surface area contributed by atoms with Gasteiger partial charge in [0.05, 0.1) is 56.7 Å². The van der Waals surface area contributed by atoms with Crippen molar-refractivity contribution in [2.75, 3.05) is 80.6 Å². The third-order valence-corrected chi connectivity index (χ3v) is 9.87. The summed E-state index contributed by atoms with van der Waals surface area (Å²) in [6.07, 6.45) is 10.3. The molecule has 4 aromatic rings. The van der Waals surface area contributed by atoms with Crippen LogP contribution in [-0.2, 0) is 18.9 Å². The van der Waals surface area contributed by atoms with Crippen molar-refractivity contribution >= 4 is 22.7 Å². The van der Waals surface area contributed by atoms with E-state index in [0.717, 1.165) is 58.7 Å². The Kier molecular flexibility index (Phi) is 13.9. The van der Waals surface area contributed by atoms with Gasteiger partial charge in [0.15, 0.2) is 12.0 Å². The minimum absolute atomic E-state index is 0.275. The molecule has 7 rings (SSSR count). The van der Waals surface area contributed by atoms with E-state index < -0.39 is 0 Å². The number of fused-ring (bicyclic) bond motifs is 2. The van der Waals surface area contributed by atoms with Gasteiger partial charge in [-0.05, 0) is 98.5 Å². The zero-order chi connectivity index (χ0) is 38.4. The van der Waals surface area contributed by atoms with Crippen LogP contribution in [0.25, 0.3) is 0 Å². The lowest BCUT2D eigenvalue weighted by Gasteiger charge is -2.28. The van der Waals surface area contributed by atoms with Gasteiger partial charge in [0.25, 0.3) is 0 Å². The zero-order valence-electron chi connectivity index (χ0n) is 32.6. The molecule has 4 aromatic carbocycles. The molecule has 1 atom stereocenters. The third kappa shape index (κ3) is 9.54. The molecule has 0 amide bonds. The summed E-state index contributed by atoms with van der Waals surface area (Å²) in [5, 5.41) is 0. The maximum atomic E-state index is 6.54. The van der Waals surface area contributed by atoms with Crippen LogP contribution in [0.1, 0.15) is 26.7 Å². The van der Waals surface area contributed by atoms with Gasteiger partial charge in [-0.3, -0.25) is 0 Å². The lowest BCUT2D eigenvalue weighted by molar-refractivity contribution is 0.0545. The Morgan fingerprint density at radius 1 is 0.625 bits per heavy atom. The first-order valence-electron chi connectivity index (χ1n) is 19.9. The second-order valence-electron chi connectivity index (χ2n) is 13.4. The van der Waals surface area contributed by atoms with Gasteiger partial charge in [0.2, 0.25) is 5.88 Å². The highest BCUT2D eigenvalue weighted by Crippen LogP contribution is 2.44. The molecule has 2 heterocycles. The largest absolute Gasteiger partial charge is 0.465 e. The SMILES string of the molecule is CCOCCOCCN1/C(=C/C=C2\CCC(/C=C/C3Oc4ccccc4N3CCOCCOCC)=C2N(c2ccccc2)c2ccccc2)Oc2ccccc21. The fourth-order valence-electron chi connectivity index (χ4n) is 7.23. The van der Waals surface area contributed by atoms with Crippen molar-refractivity contribution in [3.05, 3.63) is 156 Å². The lowest BCUT2D eigenvalue weighted by atomic mass is 10.1. The van der Waals surface area contributed by atoms with E-state index in [1.54, 1.807) is 0 Å². The molecule has 3 aliphatic rings. The molecule has 1 unspecified atom stereocenters. The summed E-state index contributed by atoms with van der Waals surface area (Å²) in [5.74, 6) is 2.49. The fraction of sp³-hybridized carbons (Fsp3) is 0.319. The van der Waals surface area contributed by atoms with Crippen LogP contribution in [0.2, 0.25) is 0 Å². The molecular formula is C47H53N3O6. The van der Waals surface area contributed by atoms with Crippen LogP contribution in [0.5, 0.6) is 11.5 Å². The molecular weight excluding hydrogens is 703 g/mol. The van der Waals surface area contributed by atoms with E-state index in [2.05, 4.69) is 118 Å². The minimum atomic E-state index is -0.275. The Hall–Kier alpha value is -5.32. The highest BCUT2D eigenvalue weighted by molar-refractivity contribution is 5.74. The molecule has 9 nitrogen and oxygen atoms in total. The number of para-hydroxylation sites is 6. The fourth-order valence-corrected chi connectivity index (χ4v) is 7.23. The quantitative estimate of drug-likeness (QED) is 0.0822. The Bertz CT molecular complexity index is 1940. The van der Waals surface area contributed by atoms with Gasteiger partial charge in [-0.15, -0.1) is 0 Å². The highest BCUT2D eigenvalue weighted by Gasteiger charge is 2.31. The van der Waals surface area contributed by atoms with Crippen LogP contribution < -0.4 is 24.2 Å². The summed E-state index contributed by atoms with van der Waals surface area (Å²) < 4.78 is 35.8. The highest BCUT2D eigenvalue weighted by atomic mass is 16.5. The van der Waals surface area contributed by atoms with Crippen molar-refractivity contribution in [1.29, 1.82) is 0 Å². The molecule has 0 fully saturated rings. The maximum Gasteiger partial charge on any atom is 0.200 e. The van der Waals surface area contributed by atoms with Crippen LogP contribution >= 0.6 is 0 Å². The number of nitrogens with zero attached hydrogens (tertiary/aromatic N) is 3. The molecule has 0 aromatic heterocycles. The van der Waals surface area contributed by atoms with Crippen molar-refractivity contribution in [3.8, 4) is 11.5 Å². The molecule has 0 N–H and O–H groups in total. The Morgan fingerprint density at radius 3 is 1.89 bits per heavy atom. The molecule has 0 bridgehead atoms. The summed E-state index contributed by atoms with van der Waals surface area (Å²) in [7, 11) is 0. The van der Waals surface area contributed by atoms with E-state index in [1.165, 1.54) is 11.1 Å². The number of ether oxygens (including phenoxy) is 6. The molecule has 9 heteroatoms. The van der Waals surface area contributed by atoms with Crippen molar-refractivity contribution in [2.45, 2.75) is 32.9 Å². The molecule has 56 heavy (non-hydrogen) atoms. The van der Waals surface area contributed by atoms with Gasteiger partial charge in [-0.2, -0.15) is 0 Å². The molecule has 0 saturated heterocycles. The van der Waals surface area contributed by atoms with Crippen LogP contribution in [0.4, 0.5) is 22.7 Å². The monoisotopic (exact) mass is 755 g/mol. The average Bonchev–Trinajstić information content (AvgIpc) is 3.92. The van der Waals surface area contributed by atoms with Gasteiger partial charge in [-0.25, -0.2) is 0 Å². The van der Waals surface area contributed by atoms with Crippen LogP contribution in [0, 0.1) is 0 Å². The van der Waals surface area contributed by atoms with E-state index in [1.807, 2.05) is 44.2 Å². The number of hydrogen-bond acceptors (Lipinski definition) is 9. The standard InChI is InChI=1S/C47H53N3O6/c1-3-51-33-35-53-31-29-48-41-19-11-13-21-43(41)55-45(48)27-25-37-23-24-38(47(37)50(39-15-7-5-8-16-39)40-17-9-6-10-18-40)26-28-46-49(30-32-54-36-34-52-4-2)42-20-12-14-22-44(42)56-46/h5-22,25-28,45H,3-4,23-24,29-36H2,1-2H3/b27-25+,38-26+,46-28-. The summed E-state index contributed by atoms with van der Waals surface area (Å²) in [4.78, 5) is 6.85. The minimum Gasteiger partial charge on any atom is -0.465 e. The van der Waals surface area contributed by atoms with Gasteiger partial charge in [0, 0.05) is 37.7 Å². The van der Waals surface area contributed by atoms with Gasteiger partial charge in [-0.1, -0.05) is 72.8 Å². The molecule has 292 valence electrons. The number of anilines is 4. The smallest absolute Gasteiger partial charge is 0.200 e. The second kappa shape index (κ2) is 20.0. The van der Waals surface area contributed by atoms with Gasteiger partial charge in [0.1, 0.15) is 5.75 Å². The number of benzene rings is 4. The predicted octanol–water partition coefficient (Wildman–Crippen LogP) is 9.43. The summed E-state index contributed by atoms with van der Waals surface area (Å²) in [5.41, 5.74) is 7.88. The number of rotatable bonds is 20. The maximum absolute atomic E-state index is 6.54. The number of allylic oxidation sites excluding steroid dienone is 5. The molecule has 0 saturated carbocycles. The van der Waals surface area contributed by atoms with E-state index in [-0.39, 0.29) is 6.23 Å². The molecule has 1 aliphatic carbocycles. The van der Waals surface area contributed by atoms with Crippen molar-refractivity contribution < 1.29 is 28.4 Å². The summed E-state index contributed by atoms with van der Waals surface area (Å²) in [6.45, 7) is 10.2. The topological polar surface area (TPSA) is 65.1 Å². The normalized spacial score (nSPS) is 17.6. The van der Waals surface area contributed by atoms with Crippen molar-refractivity contribution in [2.24, 2.45) is 0 Å². The second-order valence-corrected chi connectivity index (χ2v) is 13.4. The molecule has 0 radical (unpaired) electrons. The first kappa shape index (κ1) is 38.9. The van der Waals surface area contributed by atoms with Crippen LogP contribution in [0.15, 0.2) is 156 Å². The van der Waals surface area contributed by atoms with E-state index in [0.29, 0.717) is 65.9 Å². The van der Waals surface area contributed by atoms with E-state index in [9.17, 15) is 0 Å². The van der Waals surface area contributed by atoms with Gasteiger partial charge < -0.3 is 43.1 Å². The first-order chi connectivity index (χ1) is 27.7. The third-order valence-electron chi connectivity index (χ3n) is 9.87. The lowest BCUT2D eigenvalue weighted by Crippen LogP contribution is -2.35. The molecule has 0 spiro atoms. The van der Waals surface area contributed by atoms with E-state index >= 15 is 0 Å². The Balaban J connectivity index is 1.21. The summed E-state index contributed by atoms with van der Waals surface area (Å²) >= 11 is 0. The first-order valence-corrected chi connectivity index (χ1v) is 19.9. The molecule has 2 aliphatic heterocycles. The van der Waals surface area contributed by atoms with Gasteiger partial charge >= 0.3 is 0 Å². The Labute approximate surface area is 331 Å². The Morgan fingerprint density at radius 2 is 1.21 bits per heavy atom. The zero-order valence-corrected chi connectivity index (χ0v) is 32.6. The number of hydrogen-bond donors (Lipinski definition) is 0. The van der Waals surface area contributed by atoms with Crippen LogP contribution in [0.3, 0.4) is 0 Å².